The maximum absolute atomic E-state index is 13.3. The van der Waals surface area contributed by atoms with Crippen molar-refractivity contribution >= 4 is 17.9 Å². The van der Waals surface area contributed by atoms with Crippen LogP contribution in [0.1, 0.15) is 31.4 Å². The predicted octanol–water partition coefficient (Wildman–Crippen LogP) is 3.47. The normalized spacial score (nSPS) is 15.3. The minimum atomic E-state index is -0.773. The molecule has 2 aromatic carbocycles. The van der Waals surface area contributed by atoms with Crippen molar-refractivity contribution in [1.29, 1.82) is 0 Å². The molecule has 3 amide bonds. The van der Waals surface area contributed by atoms with Gasteiger partial charge in [0.1, 0.15) is 12.6 Å². The molecule has 0 spiro atoms. The molecule has 8 heteroatoms. The Morgan fingerprint density at radius 1 is 0.946 bits per heavy atom. The van der Waals surface area contributed by atoms with E-state index < -0.39 is 18.2 Å². The summed E-state index contributed by atoms with van der Waals surface area (Å²) in [6, 6.07) is 17.9. The van der Waals surface area contributed by atoms with Gasteiger partial charge in [0.25, 0.3) is 0 Å². The molecule has 8 nitrogen and oxygen atoms in total. The Morgan fingerprint density at radius 3 is 2.19 bits per heavy atom. The van der Waals surface area contributed by atoms with Crippen molar-refractivity contribution in [3.05, 3.63) is 83.9 Å². The van der Waals surface area contributed by atoms with Crippen LogP contribution in [-0.4, -0.2) is 61.2 Å². The molecule has 0 unspecified atom stereocenters. The summed E-state index contributed by atoms with van der Waals surface area (Å²) < 4.78 is 10.7. The van der Waals surface area contributed by atoms with E-state index in [1.807, 2.05) is 74.5 Å². The number of amides is 3. The van der Waals surface area contributed by atoms with Gasteiger partial charge in [0.2, 0.25) is 11.8 Å². The second-order valence-electron chi connectivity index (χ2n) is 9.49. The van der Waals surface area contributed by atoms with Crippen LogP contribution in [0.4, 0.5) is 4.79 Å². The third-order valence-corrected chi connectivity index (χ3v) is 5.95. The first-order chi connectivity index (χ1) is 17.9. The fourth-order valence-electron chi connectivity index (χ4n) is 4.02. The van der Waals surface area contributed by atoms with Crippen LogP contribution in [0.3, 0.4) is 0 Å². The van der Waals surface area contributed by atoms with E-state index in [-0.39, 0.29) is 24.3 Å². The number of alkyl carbamates (subject to hydrolysis) is 1. The molecule has 2 atom stereocenters. The van der Waals surface area contributed by atoms with E-state index in [0.29, 0.717) is 39.1 Å². The van der Waals surface area contributed by atoms with Gasteiger partial charge in [-0.3, -0.25) is 9.59 Å². The van der Waals surface area contributed by atoms with Crippen molar-refractivity contribution in [3.63, 3.8) is 0 Å². The summed E-state index contributed by atoms with van der Waals surface area (Å²) in [6.07, 6.45) is 3.54. The molecular formula is C29H37N3O5. The Hall–Kier alpha value is -3.65. The molecule has 198 valence electrons. The topological polar surface area (TPSA) is 97.0 Å². The van der Waals surface area contributed by atoms with Crippen LogP contribution in [0.25, 0.3) is 0 Å². The Morgan fingerprint density at radius 2 is 1.57 bits per heavy atom. The lowest BCUT2D eigenvalue weighted by Crippen LogP contribution is -2.50. The highest BCUT2D eigenvalue weighted by Gasteiger charge is 2.25. The zero-order valence-electron chi connectivity index (χ0n) is 21.6. The van der Waals surface area contributed by atoms with Crippen LogP contribution in [0.2, 0.25) is 0 Å². The number of nitrogens with zero attached hydrogens (tertiary/aromatic N) is 1. The van der Waals surface area contributed by atoms with Crippen LogP contribution in [0, 0.1) is 5.92 Å². The third kappa shape index (κ3) is 10.1. The monoisotopic (exact) mass is 507 g/mol. The molecule has 0 bridgehead atoms. The quantitative estimate of drug-likeness (QED) is 0.454. The number of hydrogen-bond acceptors (Lipinski definition) is 5. The zero-order chi connectivity index (χ0) is 26.5. The van der Waals surface area contributed by atoms with Crippen molar-refractivity contribution < 1.29 is 23.9 Å². The molecule has 37 heavy (non-hydrogen) atoms. The van der Waals surface area contributed by atoms with E-state index in [1.165, 1.54) is 6.08 Å². The van der Waals surface area contributed by atoms with Gasteiger partial charge in [-0.1, -0.05) is 80.6 Å². The number of benzene rings is 2. The van der Waals surface area contributed by atoms with Crippen LogP contribution in [0.5, 0.6) is 0 Å². The lowest BCUT2D eigenvalue weighted by molar-refractivity contribution is -0.130. The molecule has 1 heterocycles. The highest BCUT2D eigenvalue weighted by atomic mass is 16.5. The van der Waals surface area contributed by atoms with Crippen molar-refractivity contribution in [2.75, 3.05) is 26.3 Å². The average Bonchev–Trinajstić information content (AvgIpc) is 2.91. The first kappa shape index (κ1) is 27.9. The largest absolute Gasteiger partial charge is 0.445 e. The van der Waals surface area contributed by atoms with Crippen LogP contribution in [0.15, 0.2) is 72.8 Å². The number of nitrogens with one attached hydrogen (secondary N) is 2. The third-order valence-electron chi connectivity index (χ3n) is 5.95. The summed E-state index contributed by atoms with van der Waals surface area (Å²) in [5, 5.41) is 5.73. The van der Waals surface area contributed by atoms with Gasteiger partial charge in [-0.05, 0) is 29.9 Å². The molecular weight excluding hydrogens is 470 g/mol. The second-order valence-corrected chi connectivity index (χ2v) is 9.49. The summed E-state index contributed by atoms with van der Waals surface area (Å²) in [5.41, 5.74) is 1.88. The maximum Gasteiger partial charge on any atom is 0.408 e. The molecule has 3 rings (SSSR count). The number of hydrogen-bond donors (Lipinski definition) is 2. The summed E-state index contributed by atoms with van der Waals surface area (Å²) in [7, 11) is 0. The number of carbonyl (C=O) groups is 3. The van der Waals surface area contributed by atoms with Gasteiger partial charge >= 0.3 is 6.09 Å². The maximum atomic E-state index is 13.3. The molecule has 0 aromatic heterocycles. The molecule has 0 aliphatic carbocycles. The van der Waals surface area contributed by atoms with Crippen molar-refractivity contribution in [1.82, 2.24) is 15.5 Å². The van der Waals surface area contributed by atoms with Crippen LogP contribution < -0.4 is 10.6 Å². The molecule has 2 N–H and O–H groups in total. The predicted molar refractivity (Wildman–Crippen MR) is 142 cm³/mol. The lowest BCUT2D eigenvalue weighted by atomic mass is 10.0. The van der Waals surface area contributed by atoms with Crippen molar-refractivity contribution in [2.24, 2.45) is 5.92 Å². The Labute approximate surface area is 219 Å². The number of carbonyl (C=O) groups excluding carboxylic acids is 3. The fraction of sp³-hybridized carbons (Fsp3) is 0.414. The summed E-state index contributed by atoms with van der Waals surface area (Å²) in [5.74, 6) is -0.275. The minimum absolute atomic E-state index is 0.114. The van der Waals surface area contributed by atoms with E-state index in [0.717, 1.165) is 11.1 Å². The van der Waals surface area contributed by atoms with Gasteiger partial charge in [0.15, 0.2) is 0 Å². The van der Waals surface area contributed by atoms with Crippen LogP contribution >= 0.6 is 0 Å². The lowest BCUT2D eigenvalue weighted by Gasteiger charge is -2.26. The summed E-state index contributed by atoms with van der Waals surface area (Å²) >= 11 is 0. The Balaban J connectivity index is 1.66. The molecule has 2 aromatic rings. The number of rotatable bonds is 11. The summed E-state index contributed by atoms with van der Waals surface area (Å²) in [6.45, 7) is 6.22. The van der Waals surface area contributed by atoms with E-state index in [2.05, 4.69) is 10.6 Å². The van der Waals surface area contributed by atoms with Gasteiger partial charge in [0, 0.05) is 19.2 Å². The smallest absolute Gasteiger partial charge is 0.408 e. The van der Waals surface area contributed by atoms with E-state index in [9.17, 15) is 14.4 Å². The second kappa shape index (κ2) is 14.8. The first-order valence-electron chi connectivity index (χ1n) is 12.8. The molecule has 1 aliphatic heterocycles. The highest BCUT2D eigenvalue weighted by Crippen LogP contribution is 2.10. The van der Waals surface area contributed by atoms with Gasteiger partial charge < -0.3 is 25.0 Å². The van der Waals surface area contributed by atoms with E-state index >= 15 is 0 Å². The standard InChI is InChI=1S/C29H37N3O5/c1-22(2)19-26(31-29(35)37-21-24-11-7-4-8-12-24)28(34)30-25(20-23-9-5-3-6-10-23)13-14-27(33)32-15-17-36-18-16-32/h3-14,22,25-26H,15-21H2,1-2H3,(H,30,34)(H,31,35)/b14-13+/t25-,26+/m1/s1. The molecule has 1 fully saturated rings. The fourth-order valence-corrected chi connectivity index (χ4v) is 4.02. The van der Waals surface area contributed by atoms with Gasteiger partial charge in [-0.25, -0.2) is 4.79 Å². The summed E-state index contributed by atoms with van der Waals surface area (Å²) in [4.78, 5) is 40.2. The Kier molecular flexibility index (Phi) is 11.2. The first-order valence-corrected chi connectivity index (χ1v) is 12.8. The number of morpholine rings is 1. The van der Waals surface area contributed by atoms with Gasteiger partial charge in [-0.15, -0.1) is 0 Å². The van der Waals surface area contributed by atoms with Gasteiger partial charge in [0.05, 0.1) is 19.3 Å². The Bertz CT molecular complexity index is 1020. The van der Waals surface area contributed by atoms with Gasteiger partial charge in [-0.2, -0.15) is 0 Å². The van der Waals surface area contributed by atoms with E-state index in [4.69, 9.17) is 9.47 Å². The van der Waals surface area contributed by atoms with Crippen LogP contribution in [-0.2, 0) is 32.1 Å². The molecule has 0 saturated carbocycles. The van der Waals surface area contributed by atoms with Crippen molar-refractivity contribution in [3.8, 4) is 0 Å². The molecule has 1 saturated heterocycles. The minimum Gasteiger partial charge on any atom is -0.445 e. The van der Waals surface area contributed by atoms with E-state index in [1.54, 1.807) is 11.0 Å². The number of ether oxygens (including phenoxy) is 2. The molecule has 0 radical (unpaired) electrons. The van der Waals surface area contributed by atoms with Crippen molar-refractivity contribution in [2.45, 2.75) is 45.4 Å². The SMILES string of the molecule is CC(C)C[C@H](NC(=O)OCc1ccccc1)C(=O)N[C@H](/C=C/C(=O)N1CCOCC1)Cc1ccccc1. The molecule has 1 aliphatic rings. The average molecular weight is 508 g/mol. The highest BCUT2D eigenvalue weighted by molar-refractivity contribution is 5.88. The zero-order valence-corrected chi connectivity index (χ0v) is 21.6.